The number of halogens is 3. The molecule has 0 saturated heterocycles. The largest absolute Gasteiger partial charge is 2.00 e. The second-order valence-electron chi connectivity index (χ2n) is 1.65. The Kier molecular flexibility index (Phi) is 14.5. The first-order valence-corrected chi connectivity index (χ1v) is 2.55. The van der Waals surface area contributed by atoms with E-state index in [2.05, 4.69) is 5.92 Å². The van der Waals surface area contributed by atoms with Gasteiger partial charge in [-0.15, -0.1) is 6.42 Å². The van der Waals surface area contributed by atoms with Gasteiger partial charge in [-0.3, -0.25) is 0 Å². The summed E-state index contributed by atoms with van der Waals surface area (Å²) in [5.74, 6) is 2.13. The zero-order valence-corrected chi connectivity index (χ0v) is 10.8. The Bertz CT molecular complexity index is 240. The van der Waals surface area contributed by atoms with Gasteiger partial charge in [-0.05, 0) is 24.3 Å². The van der Waals surface area contributed by atoms with Gasteiger partial charge in [0.05, 0.1) is 0 Å². The van der Waals surface area contributed by atoms with Gasteiger partial charge in [-0.2, -0.15) is 0 Å². The summed E-state index contributed by atoms with van der Waals surface area (Å²) >= 11 is 0. The van der Waals surface area contributed by atoms with Gasteiger partial charge in [0.25, 0.3) is 0 Å². The van der Waals surface area contributed by atoms with E-state index in [0.29, 0.717) is 5.56 Å². The summed E-state index contributed by atoms with van der Waals surface area (Å²) in [6.45, 7) is 0. The zero-order valence-electron chi connectivity index (χ0n) is 6.23. The van der Waals surface area contributed by atoms with Gasteiger partial charge in [-0.1, -0.05) is 5.92 Å². The fraction of sp³-hybridized carbons (Fsp3) is 0. The Morgan fingerprint density at radius 1 is 1.08 bits per heavy atom. The molecule has 12 heavy (non-hydrogen) atoms. The molecule has 0 unspecified atom stereocenters. The van der Waals surface area contributed by atoms with Crippen molar-refractivity contribution in [3.63, 3.8) is 0 Å². The molecule has 0 N–H and O–H groups in total. The molecule has 4 heteroatoms. The van der Waals surface area contributed by atoms with E-state index in [1.54, 1.807) is 12.1 Å². The average Bonchev–Trinajstić information content (AvgIpc) is 1.90. The maximum atomic E-state index is 12.2. The molecule has 0 heterocycles. The monoisotopic (exact) mass is 302 g/mol. The van der Waals surface area contributed by atoms with Crippen molar-refractivity contribution in [1.29, 1.82) is 0 Å². The molecule has 0 nitrogen and oxygen atoms in total. The first-order valence-electron chi connectivity index (χ1n) is 2.55. The van der Waals surface area contributed by atoms with Crippen molar-refractivity contribution in [3.05, 3.63) is 35.6 Å². The van der Waals surface area contributed by atoms with Crippen molar-refractivity contribution in [3.8, 4) is 12.3 Å². The quantitative estimate of drug-likeness (QED) is 0.334. The van der Waals surface area contributed by atoms with E-state index in [-0.39, 0.29) is 62.8 Å². The van der Waals surface area contributed by atoms with Crippen molar-refractivity contribution in [1.82, 2.24) is 0 Å². The van der Waals surface area contributed by atoms with Crippen LogP contribution in [0, 0.1) is 18.2 Å². The van der Waals surface area contributed by atoms with E-state index in [1.165, 1.54) is 12.1 Å². The second kappa shape index (κ2) is 9.52. The molecule has 0 aromatic heterocycles. The van der Waals surface area contributed by atoms with Crippen LogP contribution >= 0.6 is 0 Å². The molecule has 0 atom stereocenters. The van der Waals surface area contributed by atoms with Crippen molar-refractivity contribution < 1.29 is 38.4 Å². The van der Waals surface area contributed by atoms with Crippen LogP contribution in [0.25, 0.3) is 0 Å². The second-order valence-corrected chi connectivity index (χ2v) is 1.65. The molecule has 0 amide bonds. The van der Waals surface area contributed by atoms with Crippen molar-refractivity contribution in [2.75, 3.05) is 0 Å². The first kappa shape index (κ1) is 18.3. The minimum absolute atomic E-state index is 0. The van der Waals surface area contributed by atoms with E-state index in [9.17, 15) is 4.39 Å². The Hall–Kier alpha value is 0.436. The summed E-state index contributed by atoms with van der Waals surface area (Å²) in [6, 6.07) is 5.81. The van der Waals surface area contributed by atoms with Crippen LogP contribution in [0.2, 0.25) is 0 Å². The van der Waals surface area contributed by atoms with Crippen LogP contribution in [-0.4, -0.2) is 23.1 Å². The number of hydrogen-bond acceptors (Lipinski definition) is 0. The van der Waals surface area contributed by atoms with Crippen molar-refractivity contribution >= 4 is 23.1 Å². The number of hydrogen-bond donors (Lipinski definition) is 0. The van der Waals surface area contributed by atoms with Crippen LogP contribution < -0.4 is 34.0 Å². The Morgan fingerprint density at radius 2 is 1.50 bits per heavy atom. The first-order chi connectivity index (χ1) is 4.33. The van der Waals surface area contributed by atoms with Crippen LogP contribution in [0.1, 0.15) is 5.56 Å². The molecular weight excluding hydrogens is 299 g/mol. The summed E-state index contributed by atoms with van der Waals surface area (Å²) in [7, 11) is 0. The van der Waals surface area contributed by atoms with Crippen LogP contribution in [-0.2, 0) is 0 Å². The van der Waals surface area contributed by atoms with Gasteiger partial charge < -0.3 is 34.0 Å². The van der Waals surface area contributed by atoms with Crippen LogP contribution in [0.5, 0.6) is 0 Å². The van der Waals surface area contributed by atoms with E-state index in [4.69, 9.17) is 6.42 Å². The number of rotatable bonds is 0. The Morgan fingerprint density at radius 3 is 1.83 bits per heavy atom. The molecule has 0 saturated carbocycles. The Labute approximate surface area is 109 Å². The average molecular weight is 304 g/mol. The number of benzene rings is 1. The summed E-state index contributed by atoms with van der Waals surface area (Å²) in [6.07, 6.45) is 5.03. The van der Waals surface area contributed by atoms with Crippen molar-refractivity contribution in [2.45, 2.75) is 0 Å². The maximum Gasteiger partial charge on any atom is 2.00 e. The van der Waals surface area contributed by atoms with Gasteiger partial charge in [-0.25, -0.2) is 4.39 Å². The Balaban J connectivity index is -0.000000270. The summed E-state index contributed by atoms with van der Waals surface area (Å²) in [4.78, 5) is 0. The number of terminal acetylenes is 1. The minimum Gasteiger partial charge on any atom is -1.00 e. The normalized spacial score (nSPS) is 6.33. The molecule has 0 bridgehead atoms. The predicted octanol–water partition coefficient (Wildman–Crippen LogP) is -4.57. The molecule has 1 aromatic carbocycles. The standard InChI is InChI=1S/C8H5F.2BrH.Mg/c1-2-7-3-5-8(9)6-4-7;;;/h1,3-6H;2*1H;/q;;;+2/p-2. The molecule has 60 valence electrons. The van der Waals surface area contributed by atoms with E-state index in [0.717, 1.165) is 0 Å². The SMILES string of the molecule is C#Cc1ccc(F)cc1.[Br-].[Br-].[Mg+2]. The third kappa shape index (κ3) is 6.01. The topological polar surface area (TPSA) is 0 Å². The van der Waals surface area contributed by atoms with Crippen LogP contribution in [0.4, 0.5) is 4.39 Å². The van der Waals surface area contributed by atoms with Gasteiger partial charge in [0.2, 0.25) is 0 Å². The molecule has 0 radical (unpaired) electrons. The summed E-state index contributed by atoms with van der Waals surface area (Å²) in [5, 5.41) is 0. The summed E-state index contributed by atoms with van der Waals surface area (Å²) < 4.78 is 12.2. The maximum absolute atomic E-state index is 12.2. The van der Waals surface area contributed by atoms with Gasteiger partial charge in [0, 0.05) is 5.56 Å². The smallest absolute Gasteiger partial charge is 1.00 e. The fourth-order valence-corrected chi connectivity index (χ4v) is 0.546. The van der Waals surface area contributed by atoms with Gasteiger partial charge >= 0.3 is 23.1 Å². The third-order valence-electron chi connectivity index (χ3n) is 1.01. The molecule has 0 aliphatic rings. The van der Waals surface area contributed by atoms with E-state index in [1.807, 2.05) is 0 Å². The zero-order chi connectivity index (χ0) is 6.69. The molecule has 0 fully saturated rings. The molecule has 1 aromatic rings. The molecular formula is C8H5Br2FMg. The van der Waals surface area contributed by atoms with Gasteiger partial charge in [0.1, 0.15) is 5.82 Å². The minimum atomic E-state index is -0.256. The molecule has 0 aliphatic heterocycles. The van der Waals surface area contributed by atoms with Crippen LogP contribution in [0.15, 0.2) is 24.3 Å². The van der Waals surface area contributed by atoms with E-state index >= 15 is 0 Å². The summed E-state index contributed by atoms with van der Waals surface area (Å²) in [5.41, 5.74) is 0.705. The predicted molar refractivity (Wildman–Crippen MR) is 40.1 cm³/mol. The van der Waals surface area contributed by atoms with Crippen LogP contribution in [0.3, 0.4) is 0 Å². The van der Waals surface area contributed by atoms with Crippen molar-refractivity contribution in [2.24, 2.45) is 0 Å². The molecule has 1 rings (SSSR count). The van der Waals surface area contributed by atoms with Gasteiger partial charge in [0.15, 0.2) is 0 Å². The third-order valence-corrected chi connectivity index (χ3v) is 1.01. The molecule has 0 aliphatic carbocycles. The fourth-order valence-electron chi connectivity index (χ4n) is 0.546. The van der Waals surface area contributed by atoms with E-state index < -0.39 is 0 Å². The molecule has 0 spiro atoms.